The molecule has 0 bridgehead atoms. The Balaban J connectivity index is 1.43. The van der Waals surface area contributed by atoms with Crippen LogP contribution in [0.5, 0.6) is 0 Å². The fourth-order valence-electron chi connectivity index (χ4n) is 4.43. The van der Waals surface area contributed by atoms with E-state index in [1.54, 1.807) is 30.3 Å². The molecule has 3 heterocycles. The zero-order valence-electron chi connectivity index (χ0n) is 20.1. The Bertz CT molecular complexity index is 1670. The van der Waals surface area contributed by atoms with E-state index in [1.165, 1.54) is 12.3 Å². The summed E-state index contributed by atoms with van der Waals surface area (Å²) < 4.78 is 42.2. The van der Waals surface area contributed by atoms with Crippen LogP contribution in [-0.2, 0) is 0 Å². The van der Waals surface area contributed by atoms with Gasteiger partial charge in [-0.25, -0.2) is 13.8 Å². The van der Waals surface area contributed by atoms with E-state index in [9.17, 15) is 18.4 Å². The Hall–Kier alpha value is -4.53. The van der Waals surface area contributed by atoms with Crippen LogP contribution < -0.4 is 21.6 Å². The molecule has 1 atom stereocenters. The number of nitrogens with zero attached hydrogens (tertiary/aromatic N) is 4. The minimum absolute atomic E-state index is 0.128. The lowest BCUT2D eigenvalue weighted by Crippen LogP contribution is -2.38. The number of hydrogen-bond acceptors (Lipinski definition) is 8. The molecule has 0 saturated heterocycles. The molecule has 1 saturated carbocycles. The van der Waals surface area contributed by atoms with Gasteiger partial charge in [-0.2, -0.15) is 9.65 Å². The fourth-order valence-corrected chi connectivity index (χ4v) is 4.70. The highest BCUT2D eigenvalue weighted by molar-refractivity contribution is 6.36. The zero-order valence-corrected chi connectivity index (χ0v) is 20.9. The maximum Gasteiger partial charge on any atom is 0.249 e. The minimum Gasteiger partial charge on any atom is -0.373 e. The monoisotopic (exact) mass is 548 g/mol. The summed E-state index contributed by atoms with van der Waals surface area (Å²) in [4.78, 5) is 7.71. The number of aromatic nitrogens is 2. The van der Waals surface area contributed by atoms with Crippen LogP contribution in [0.4, 0.5) is 30.2 Å². The van der Waals surface area contributed by atoms with E-state index in [0.29, 0.717) is 33.9 Å². The molecule has 196 valence electrons. The van der Waals surface area contributed by atoms with Gasteiger partial charge in [-0.05, 0) is 31.0 Å². The van der Waals surface area contributed by atoms with Gasteiger partial charge in [-0.3, -0.25) is 9.99 Å². The number of nitriles is 1. The van der Waals surface area contributed by atoms with Crippen LogP contribution >= 0.6 is 11.6 Å². The molecule has 1 fully saturated rings. The summed E-state index contributed by atoms with van der Waals surface area (Å²) in [5.74, 6) is -2.77. The number of nitrogens with one attached hydrogen (secondary N) is 4. The van der Waals surface area contributed by atoms with Gasteiger partial charge in [0.05, 0.1) is 45.4 Å². The number of fused-ring (bicyclic) bond motifs is 1. The molecule has 0 radical (unpaired) electrons. The van der Waals surface area contributed by atoms with Gasteiger partial charge in [0.25, 0.3) is 0 Å². The van der Waals surface area contributed by atoms with Crippen LogP contribution in [0.2, 0.25) is 5.02 Å². The molecule has 6 rings (SSSR count). The molecule has 1 aliphatic heterocycles. The van der Waals surface area contributed by atoms with E-state index in [2.05, 4.69) is 37.6 Å². The van der Waals surface area contributed by atoms with Crippen molar-refractivity contribution in [2.75, 3.05) is 10.6 Å². The molecule has 39 heavy (non-hydrogen) atoms. The largest absolute Gasteiger partial charge is 0.373 e. The number of halogens is 4. The Morgan fingerprint density at radius 1 is 1.05 bits per heavy atom. The molecule has 8 nitrogen and oxygen atoms in total. The Labute approximate surface area is 226 Å². The van der Waals surface area contributed by atoms with E-state index in [-0.39, 0.29) is 22.0 Å². The van der Waals surface area contributed by atoms with Crippen molar-refractivity contribution in [3.05, 3.63) is 100 Å². The predicted molar refractivity (Wildman–Crippen MR) is 141 cm³/mol. The van der Waals surface area contributed by atoms with Crippen molar-refractivity contribution in [2.24, 2.45) is 0 Å². The first-order valence-electron chi connectivity index (χ1n) is 12.0. The van der Waals surface area contributed by atoms with Gasteiger partial charge in [-0.15, -0.1) is 5.53 Å². The summed E-state index contributed by atoms with van der Waals surface area (Å²) in [5, 5.41) is 18.7. The van der Waals surface area contributed by atoms with E-state index >= 15 is 0 Å². The second-order valence-electron chi connectivity index (χ2n) is 9.19. The summed E-state index contributed by atoms with van der Waals surface area (Å²) in [7, 11) is 0. The van der Waals surface area contributed by atoms with E-state index < -0.39 is 23.6 Å². The van der Waals surface area contributed by atoms with Crippen LogP contribution in [0.25, 0.3) is 10.9 Å². The highest BCUT2D eigenvalue weighted by Crippen LogP contribution is 2.38. The summed E-state index contributed by atoms with van der Waals surface area (Å²) in [5.41, 5.74) is 8.78. The van der Waals surface area contributed by atoms with Gasteiger partial charge in [-0.1, -0.05) is 29.8 Å². The molecule has 2 aromatic heterocycles. The van der Waals surface area contributed by atoms with Crippen molar-refractivity contribution >= 4 is 39.6 Å². The number of benzene rings is 2. The number of hydrazine groups is 2. The van der Waals surface area contributed by atoms with Gasteiger partial charge in [0.2, 0.25) is 5.95 Å². The number of pyridine rings is 2. The summed E-state index contributed by atoms with van der Waals surface area (Å²) in [6.07, 6.45) is 6.48. The maximum atomic E-state index is 15.0. The minimum atomic E-state index is -1.24. The third kappa shape index (κ3) is 4.87. The van der Waals surface area contributed by atoms with Crippen LogP contribution in [0, 0.1) is 28.9 Å². The molecule has 4 N–H and O–H groups in total. The summed E-state index contributed by atoms with van der Waals surface area (Å²) in [6, 6.07) is 12.5. The SMILES string of the molecule is N#Cc1cnc2c(Cl)cc(N[C@H](C3=CN(C4CC4)NN3)c3ccccc3F)cc2c1Nc1cnc(F)c(F)c1. The Morgan fingerprint density at radius 3 is 2.62 bits per heavy atom. The molecular formula is C27H20ClF3N8. The average Bonchev–Trinajstić information content (AvgIpc) is 3.67. The standard InChI is InChI=1S/C27H20ClF3N8/c28-20-8-15(35-26(18-3-1-2-4-21(18)29)23-13-39(38-37-23)17-5-6-17)7-19-24(14(10-32)11-33-25(19)20)36-16-9-22(30)27(31)34-12-16/h1-4,7-9,11-13,17,26,35,37-38H,5-6H2,(H,33,36)/t26-/m0/s1. The average molecular weight is 549 g/mol. The first-order valence-corrected chi connectivity index (χ1v) is 12.4. The van der Waals surface area contributed by atoms with Crippen LogP contribution in [0.15, 0.2) is 66.8 Å². The van der Waals surface area contributed by atoms with Gasteiger partial charge in [0.15, 0.2) is 5.82 Å². The van der Waals surface area contributed by atoms with Crippen LogP contribution in [0.3, 0.4) is 0 Å². The van der Waals surface area contributed by atoms with Gasteiger partial charge < -0.3 is 16.1 Å². The lowest BCUT2D eigenvalue weighted by molar-refractivity contribution is 0.260. The highest BCUT2D eigenvalue weighted by Gasteiger charge is 2.33. The summed E-state index contributed by atoms with van der Waals surface area (Å²) >= 11 is 6.61. The Morgan fingerprint density at radius 2 is 1.87 bits per heavy atom. The first kappa shape index (κ1) is 24.8. The molecule has 1 aliphatic carbocycles. The van der Waals surface area contributed by atoms with Crippen molar-refractivity contribution in [3.63, 3.8) is 0 Å². The van der Waals surface area contributed by atoms with Crippen molar-refractivity contribution in [1.29, 1.82) is 5.26 Å². The lowest BCUT2D eigenvalue weighted by atomic mass is 10.0. The van der Waals surface area contributed by atoms with Gasteiger partial charge >= 0.3 is 0 Å². The van der Waals surface area contributed by atoms with Gasteiger partial charge in [0.1, 0.15) is 11.9 Å². The number of hydrogen-bond donors (Lipinski definition) is 4. The van der Waals surface area contributed by atoms with Crippen molar-refractivity contribution in [1.82, 2.24) is 25.9 Å². The van der Waals surface area contributed by atoms with Crippen molar-refractivity contribution in [2.45, 2.75) is 24.9 Å². The van der Waals surface area contributed by atoms with E-state index in [1.807, 2.05) is 11.2 Å². The number of anilines is 3. The predicted octanol–water partition coefficient (Wildman–Crippen LogP) is 5.80. The second kappa shape index (κ2) is 9.98. The lowest BCUT2D eigenvalue weighted by Gasteiger charge is -2.23. The normalized spacial score (nSPS) is 15.5. The smallest absolute Gasteiger partial charge is 0.249 e. The Kier molecular flexibility index (Phi) is 6.34. The molecule has 4 aromatic rings. The molecule has 0 amide bonds. The van der Waals surface area contributed by atoms with Crippen molar-refractivity contribution in [3.8, 4) is 6.07 Å². The van der Waals surface area contributed by atoms with Crippen LogP contribution in [0.1, 0.15) is 30.0 Å². The second-order valence-corrected chi connectivity index (χ2v) is 9.60. The third-order valence-corrected chi connectivity index (χ3v) is 6.79. The maximum absolute atomic E-state index is 15.0. The highest BCUT2D eigenvalue weighted by atomic mass is 35.5. The molecule has 0 unspecified atom stereocenters. The first-order chi connectivity index (χ1) is 18.9. The van der Waals surface area contributed by atoms with E-state index in [4.69, 9.17) is 11.6 Å². The zero-order chi connectivity index (χ0) is 27.1. The quantitative estimate of drug-likeness (QED) is 0.215. The summed E-state index contributed by atoms with van der Waals surface area (Å²) in [6.45, 7) is 0. The molecule has 12 heteroatoms. The topological polar surface area (TPSA) is 101 Å². The fraction of sp³-hybridized carbons (Fsp3) is 0.148. The third-order valence-electron chi connectivity index (χ3n) is 6.50. The van der Waals surface area contributed by atoms with E-state index in [0.717, 1.165) is 25.1 Å². The molecule has 0 spiro atoms. The molecular weight excluding hydrogens is 529 g/mol. The van der Waals surface area contributed by atoms with Crippen molar-refractivity contribution < 1.29 is 13.2 Å². The van der Waals surface area contributed by atoms with Gasteiger partial charge in [0, 0.05) is 41.1 Å². The number of rotatable bonds is 7. The van der Waals surface area contributed by atoms with Crippen LogP contribution in [-0.4, -0.2) is 21.0 Å². The molecule has 2 aromatic carbocycles. The molecule has 2 aliphatic rings.